The zero-order valence-corrected chi connectivity index (χ0v) is 17.5. The number of aryl methyl sites for hydroxylation is 1. The van der Waals surface area contributed by atoms with Crippen molar-refractivity contribution in [3.8, 4) is 0 Å². The summed E-state index contributed by atoms with van der Waals surface area (Å²) in [5.41, 5.74) is 1.29. The molecule has 4 rings (SSSR count). The maximum Gasteiger partial charge on any atom is 0.242 e. The summed E-state index contributed by atoms with van der Waals surface area (Å²) in [6.45, 7) is 3.55. The predicted octanol–water partition coefficient (Wildman–Crippen LogP) is 2.77. The summed E-state index contributed by atoms with van der Waals surface area (Å²) in [4.78, 5) is 28.6. The number of aromatic nitrogens is 2. The molecule has 0 saturated carbocycles. The van der Waals surface area contributed by atoms with Crippen molar-refractivity contribution in [1.29, 1.82) is 0 Å². The van der Waals surface area contributed by atoms with Crippen molar-refractivity contribution < 1.29 is 9.59 Å². The Morgan fingerprint density at radius 3 is 2.76 bits per heavy atom. The van der Waals surface area contributed by atoms with Gasteiger partial charge in [-0.2, -0.15) is 0 Å². The van der Waals surface area contributed by atoms with E-state index in [0.29, 0.717) is 18.1 Å². The van der Waals surface area contributed by atoms with E-state index in [1.807, 2.05) is 23.1 Å². The lowest BCUT2D eigenvalue weighted by atomic mass is 10.1. The first kappa shape index (κ1) is 19.8. The molecule has 3 heterocycles. The normalized spacial score (nSPS) is 20.3. The monoisotopic (exact) mass is 413 g/mol. The van der Waals surface area contributed by atoms with Gasteiger partial charge in [0.05, 0.1) is 0 Å². The van der Waals surface area contributed by atoms with Crippen LogP contribution < -0.4 is 15.1 Å². The van der Waals surface area contributed by atoms with E-state index in [2.05, 4.69) is 34.6 Å². The highest BCUT2D eigenvalue weighted by atomic mass is 32.1. The molecule has 2 fully saturated rings. The summed E-state index contributed by atoms with van der Waals surface area (Å²) < 4.78 is 0. The fourth-order valence-corrected chi connectivity index (χ4v) is 4.96. The highest BCUT2D eigenvalue weighted by Gasteiger charge is 2.34. The molecular formula is C21H27N5O2S. The number of hydrogen-bond donors (Lipinski definition) is 1. The van der Waals surface area contributed by atoms with Gasteiger partial charge < -0.3 is 10.2 Å². The lowest BCUT2D eigenvalue weighted by Gasteiger charge is -2.24. The number of benzene rings is 1. The summed E-state index contributed by atoms with van der Waals surface area (Å²) in [7, 11) is 0. The Morgan fingerprint density at radius 1 is 1.21 bits per heavy atom. The van der Waals surface area contributed by atoms with Crippen LogP contribution in [0.25, 0.3) is 0 Å². The molecule has 0 aliphatic carbocycles. The largest absolute Gasteiger partial charge is 0.352 e. The van der Waals surface area contributed by atoms with E-state index in [1.165, 1.54) is 16.9 Å². The van der Waals surface area contributed by atoms with Crippen LogP contribution in [0.4, 0.5) is 10.3 Å². The van der Waals surface area contributed by atoms with E-state index < -0.39 is 0 Å². The van der Waals surface area contributed by atoms with Gasteiger partial charge in [-0.15, -0.1) is 10.2 Å². The molecule has 2 amide bonds. The second-order valence-electron chi connectivity index (χ2n) is 7.80. The van der Waals surface area contributed by atoms with Crippen molar-refractivity contribution in [2.45, 2.75) is 57.5 Å². The third-order valence-electron chi connectivity index (χ3n) is 5.61. The molecule has 0 radical (unpaired) electrons. The van der Waals surface area contributed by atoms with Crippen molar-refractivity contribution in [3.05, 3.63) is 35.9 Å². The molecule has 2 atom stereocenters. The van der Waals surface area contributed by atoms with Gasteiger partial charge in [0.1, 0.15) is 6.04 Å². The Morgan fingerprint density at radius 2 is 2.00 bits per heavy atom. The predicted molar refractivity (Wildman–Crippen MR) is 114 cm³/mol. The first-order valence-electron chi connectivity index (χ1n) is 10.4. The molecule has 2 saturated heterocycles. The summed E-state index contributed by atoms with van der Waals surface area (Å²) in [5.74, 6) is 0.160. The minimum atomic E-state index is -0.218. The molecule has 154 valence electrons. The third kappa shape index (κ3) is 4.58. The number of carbonyl (C=O) groups excluding carboxylic acids is 2. The summed E-state index contributed by atoms with van der Waals surface area (Å²) in [6.07, 6.45) is 5.06. The zero-order valence-electron chi connectivity index (χ0n) is 16.7. The Hall–Kier alpha value is -2.48. The Kier molecular flexibility index (Phi) is 6.08. The van der Waals surface area contributed by atoms with Gasteiger partial charge in [0.25, 0.3) is 0 Å². The van der Waals surface area contributed by atoms with Gasteiger partial charge in [-0.05, 0) is 44.6 Å². The smallest absolute Gasteiger partial charge is 0.242 e. The zero-order chi connectivity index (χ0) is 20.2. The molecule has 1 N–H and O–H groups in total. The van der Waals surface area contributed by atoms with Crippen LogP contribution in [0.2, 0.25) is 0 Å². The lowest BCUT2D eigenvalue weighted by molar-refractivity contribution is -0.122. The first-order valence-corrected chi connectivity index (χ1v) is 11.2. The average molecular weight is 414 g/mol. The van der Waals surface area contributed by atoms with Gasteiger partial charge in [-0.25, -0.2) is 0 Å². The fraction of sp³-hybridized carbons (Fsp3) is 0.524. The third-order valence-corrected chi connectivity index (χ3v) is 6.59. The molecule has 29 heavy (non-hydrogen) atoms. The van der Waals surface area contributed by atoms with Gasteiger partial charge in [-0.1, -0.05) is 41.7 Å². The van der Waals surface area contributed by atoms with Crippen molar-refractivity contribution in [1.82, 2.24) is 15.5 Å². The number of nitrogens with zero attached hydrogens (tertiary/aromatic N) is 4. The van der Waals surface area contributed by atoms with Crippen molar-refractivity contribution in [2.24, 2.45) is 0 Å². The van der Waals surface area contributed by atoms with Crippen LogP contribution in [0, 0.1) is 0 Å². The van der Waals surface area contributed by atoms with Crippen molar-refractivity contribution in [3.63, 3.8) is 0 Å². The van der Waals surface area contributed by atoms with E-state index in [9.17, 15) is 9.59 Å². The maximum absolute atomic E-state index is 12.9. The van der Waals surface area contributed by atoms with Crippen LogP contribution >= 0.6 is 11.3 Å². The van der Waals surface area contributed by atoms with Gasteiger partial charge in [0, 0.05) is 25.6 Å². The highest BCUT2D eigenvalue weighted by molar-refractivity contribution is 7.19. The molecule has 8 heteroatoms. The fourth-order valence-electron chi connectivity index (χ4n) is 3.99. The molecule has 0 spiro atoms. The van der Waals surface area contributed by atoms with Crippen molar-refractivity contribution in [2.75, 3.05) is 22.9 Å². The molecule has 2 aliphatic rings. The van der Waals surface area contributed by atoms with E-state index in [-0.39, 0.29) is 23.9 Å². The molecule has 2 aromatic rings. The number of rotatable bonds is 7. The SMILES string of the molecule is C[C@@H](CCc1ccccc1)NC(=O)[C@H]1CCCN1c1nnc(N2CCCC2=O)s1. The van der Waals surface area contributed by atoms with Gasteiger partial charge in [0.2, 0.25) is 22.1 Å². The standard InChI is InChI=1S/C21H27N5O2S/c1-15(11-12-16-7-3-2-4-8-16)22-19(28)17-9-5-13-25(17)20-23-24-21(29-20)26-14-6-10-18(26)27/h2-4,7-8,15,17H,5-6,9-14H2,1H3,(H,22,28)/t15-,17+/m0/s1. The van der Waals surface area contributed by atoms with E-state index >= 15 is 0 Å². The van der Waals surface area contributed by atoms with Crippen molar-refractivity contribution >= 4 is 33.4 Å². The summed E-state index contributed by atoms with van der Waals surface area (Å²) in [6, 6.07) is 10.2. The quantitative estimate of drug-likeness (QED) is 0.755. The second-order valence-corrected chi connectivity index (χ2v) is 8.74. The number of hydrogen-bond acceptors (Lipinski definition) is 6. The van der Waals surface area contributed by atoms with Gasteiger partial charge in [0.15, 0.2) is 0 Å². The van der Waals surface area contributed by atoms with Crippen LogP contribution in [0.1, 0.15) is 44.6 Å². The molecule has 0 bridgehead atoms. The minimum Gasteiger partial charge on any atom is -0.352 e. The highest BCUT2D eigenvalue weighted by Crippen LogP contribution is 2.33. The molecular weight excluding hydrogens is 386 g/mol. The number of anilines is 2. The second kappa shape index (κ2) is 8.90. The van der Waals surface area contributed by atoms with Crippen LogP contribution in [0.3, 0.4) is 0 Å². The van der Waals surface area contributed by atoms with E-state index in [4.69, 9.17) is 0 Å². The molecule has 1 aromatic carbocycles. The molecule has 1 aromatic heterocycles. The lowest BCUT2D eigenvalue weighted by Crippen LogP contribution is -2.46. The molecule has 7 nitrogen and oxygen atoms in total. The van der Waals surface area contributed by atoms with E-state index in [1.54, 1.807) is 4.90 Å². The minimum absolute atomic E-state index is 0.0528. The average Bonchev–Trinajstić information content (AvgIpc) is 3.46. The first-order chi connectivity index (χ1) is 14.1. The molecule has 0 unspecified atom stereocenters. The number of nitrogens with one attached hydrogen (secondary N) is 1. The van der Waals surface area contributed by atoms with Gasteiger partial charge in [-0.3, -0.25) is 14.5 Å². The summed E-state index contributed by atoms with van der Waals surface area (Å²) in [5, 5.41) is 13.0. The Balaban J connectivity index is 1.34. The van der Waals surface area contributed by atoms with Gasteiger partial charge >= 0.3 is 0 Å². The molecule has 2 aliphatic heterocycles. The van der Waals surface area contributed by atoms with Crippen LogP contribution in [0.15, 0.2) is 30.3 Å². The number of amides is 2. The van der Waals surface area contributed by atoms with Crippen LogP contribution in [0.5, 0.6) is 0 Å². The Bertz CT molecular complexity index is 856. The van der Waals surface area contributed by atoms with Crippen LogP contribution in [-0.4, -0.2) is 47.2 Å². The van der Waals surface area contributed by atoms with E-state index in [0.717, 1.165) is 43.8 Å². The summed E-state index contributed by atoms with van der Waals surface area (Å²) >= 11 is 1.41. The maximum atomic E-state index is 12.9. The topological polar surface area (TPSA) is 78.4 Å². The van der Waals surface area contributed by atoms with Crippen LogP contribution in [-0.2, 0) is 16.0 Å². The Labute approximate surface area is 175 Å². The number of carbonyl (C=O) groups is 2.